The second kappa shape index (κ2) is 14.6. The molecule has 2 aliphatic rings. The minimum absolute atomic E-state index is 0.151. The summed E-state index contributed by atoms with van der Waals surface area (Å²) in [6, 6.07) is 17.2. The Kier molecular flexibility index (Phi) is 10.9. The number of isocyanates is 1. The number of nitrogens with zero attached hydrogens (tertiary/aromatic N) is 3. The summed E-state index contributed by atoms with van der Waals surface area (Å²) >= 11 is 0. The molecule has 9 nitrogen and oxygen atoms in total. The molecule has 0 bridgehead atoms. The van der Waals surface area contributed by atoms with E-state index in [9.17, 15) is 17.8 Å². The molecule has 1 heterocycles. The Balaban J connectivity index is 1.90. The highest BCUT2D eigenvalue weighted by Gasteiger charge is 2.25. The Morgan fingerprint density at radius 3 is 2.37 bits per heavy atom. The fraction of sp³-hybridized carbons (Fsp3) is 0.394. The zero-order valence-corrected chi connectivity index (χ0v) is 26.2. The fourth-order valence-electron chi connectivity index (χ4n) is 5.54. The number of benzene rings is 3. The zero-order valence-electron chi connectivity index (χ0n) is 25.4. The predicted molar refractivity (Wildman–Crippen MR) is 172 cm³/mol. The first-order valence-corrected chi connectivity index (χ1v) is 16.4. The topological polar surface area (TPSA) is 115 Å². The zero-order chi connectivity index (χ0) is 31.0. The van der Waals surface area contributed by atoms with Crippen molar-refractivity contribution in [2.24, 2.45) is 4.99 Å². The van der Waals surface area contributed by atoms with Gasteiger partial charge >= 0.3 is 0 Å². The van der Waals surface area contributed by atoms with Gasteiger partial charge in [-0.3, -0.25) is 4.55 Å². The Hall–Kier alpha value is -3.82. The van der Waals surface area contributed by atoms with Gasteiger partial charge in [-0.1, -0.05) is 12.1 Å². The van der Waals surface area contributed by atoms with Crippen LogP contribution in [-0.2, 0) is 21.5 Å². The second-order valence-electron chi connectivity index (χ2n) is 10.3. The van der Waals surface area contributed by atoms with Crippen LogP contribution in [0.2, 0.25) is 0 Å². The highest BCUT2D eigenvalue weighted by atomic mass is 32.2. The van der Waals surface area contributed by atoms with Crippen molar-refractivity contribution in [2.75, 3.05) is 44.2 Å². The van der Waals surface area contributed by atoms with E-state index in [1.54, 1.807) is 6.07 Å². The lowest BCUT2D eigenvalue weighted by Gasteiger charge is -2.22. The molecule has 2 aromatic rings. The highest BCUT2D eigenvalue weighted by molar-refractivity contribution is 7.86. The van der Waals surface area contributed by atoms with E-state index in [4.69, 9.17) is 4.42 Å². The molecular formula is C33H41N4O5S+. The maximum atomic E-state index is 12.8. The lowest BCUT2D eigenvalue weighted by molar-refractivity contribution is 0.483. The van der Waals surface area contributed by atoms with E-state index in [1.165, 1.54) is 12.1 Å². The standard InChI is InChI=1S/C33H40N4O5S/c1-5-36(6-2)25-12-15-27-30(20-25)42-31-21-26(37(7-3)8-4)13-16-28(31)33(27)29-14-11-24(19-32(29)43(39,40)41)22-34-17-9-10-18-35-23-38/h11-16,19-21,34H,5-10,17-18,22H2,1-4H3/p+1. The van der Waals surface area contributed by atoms with Crippen LogP contribution in [0.1, 0.15) is 46.1 Å². The molecular weight excluding hydrogens is 564 g/mol. The van der Waals surface area contributed by atoms with Crippen LogP contribution in [0.5, 0.6) is 0 Å². The molecule has 0 spiro atoms. The average molecular weight is 606 g/mol. The molecule has 43 heavy (non-hydrogen) atoms. The van der Waals surface area contributed by atoms with E-state index >= 15 is 0 Å². The number of hydrogen-bond acceptors (Lipinski definition) is 7. The number of carbonyl (C=O) groups excluding carboxylic acids is 1. The van der Waals surface area contributed by atoms with Crippen molar-refractivity contribution >= 4 is 32.9 Å². The van der Waals surface area contributed by atoms with Gasteiger partial charge in [0.15, 0.2) is 0 Å². The first kappa shape index (κ1) is 32.1. The predicted octanol–water partition coefficient (Wildman–Crippen LogP) is 5.32. The van der Waals surface area contributed by atoms with E-state index < -0.39 is 10.1 Å². The fourth-order valence-corrected chi connectivity index (χ4v) is 6.29. The number of aliphatic imine (C=N–C) groups is 1. The van der Waals surface area contributed by atoms with Crippen molar-refractivity contribution in [3.63, 3.8) is 0 Å². The number of fused-ring (bicyclic) bond motifs is 2. The van der Waals surface area contributed by atoms with Crippen LogP contribution in [0.3, 0.4) is 0 Å². The van der Waals surface area contributed by atoms with Crippen LogP contribution in [0.4, 0.5) is 5.69 Å². The van der Waals surface area contributed by atoms with Gasteiger partial charge in [0, 0.05) is 59.5 Å². The summed E-state index contributed by atoms with van der Waals surface area (Å²) in [5.74, 6) is 0.634. The quantitative estimate of drug-likeness (QED) is 0.0500. The van der Waals surface area contributed by atoms with Crippen molar-refractivity contribution in [3.8, 4) is 22.5 Å². The largest absolute Gasteiger partial charge is 0.456 e. The van der Waals surface area contributed by atoms with E-state index in [1.807, 2.05) is 42.5 Å². The van der Waals surface area contributed by atoms with Crippen molar-refractivity contribution in [1.82, 2.24) is 9.89 Å². The summed E-state index contributed by atoms with van der Waals surface area (Å²) in [7, 11) is -4.57. The van der Waals surface area contributed by atoms with Crippen LogP contribution < -0.4 is 20.1 Å². The molecule has 2 aromatic carbocycles. The molecule has 228 valence electrons. The normalized spacial score (nSPS) is 11.6. The number of nitrogens with one attached hydrogen (secondary N) is 1. The Bertz CT molecular complexity index is 1760. The van der Waals surface area contributed by atoms with Crippen molar-refractivity contribution < 1.29 is 22.2 Å². The van der Waals surface area contributed by atoms with Crippen LogP contribution in [0.15, 0.2) is 68.9 Å². The molecule has 0 saturated carbocycles. The van der Waals surface area contributed by atoms with Gasteiger partial charge < -0.3 is 14.6 Å². The monoisotopic (exact) mass is 605 g/mol. The third-order valence-electron chi connectivity index (χ3n) is 7.81. The molecule has 0 fully saturated rings. The van der Waals surface area contributed by atoms with E-state index in [0.29, 0.717) is 42.1 Å². The minimum atomic E-state index is -4.57. The summed E-state index contributed by atoms with van der Waals surface area (Å²) in [6.45, 7) is 13.3. The van der Waals surface area contributed by atoms with Crippen molar-refractivity contribution in [2.45, 2.75) is 52.0 Å². The smallest absolute Gasteiger partial charge is 0.295 e. The molecule has 1 aliphatic heterocycles. The molecule has 0 saturated heterocycles. The molecule has 0 aromatic heterocycles. The highest BCUT2D eigenvalue weighted by Crippen LogP contribution is 2.43. The summed E-state index contributed by atoms with van der Waals surface area (Å²) < 4.78 is 44.8. The first-order chi connectivity index (χ1) is 20.7. The molecule has 4 rings (SSSR count). The molecule has 0 radical (unpaired) electrons. The van der Waals surface area contributed by atoms with E-state index in [-0.39, 0.29) is 4.90 Å². The molecule has 0 amide bonds. The Labute approximate surface area is 253 Å². The maximum Gasteiger partial charge on any atom is 0.295 e. The SMILES string of the molecule is CCN(CC)c1ccc2c(-c3ccc(CNCCCCN=C=O)cc3S(=O)(=O)O)c3ccc(=[N+](CC)CC)cc-3oc2c1. The summed E-state index contributed by atoms with van der Waals surface area (Å²) in [6.07, 6.45) is 3.10. The average Bonchev–Trinajstić information content (AvgIpc) is 3.00. The van der Waals surface area contributed by atoms with Crippen LogP contribution in [0.25, 0.3) is 33.4 Å². The van der Waals surface area contributed by atoms with Gasteiger partial charge in [-0.2, -0.15) is 8.42 Å². The van der Waals surface area contributed by atoms with Gasteiger partial charge in [0.1, 0.15) is 29.3 Å². The third kappa shape index (κ3) is 7.40. The van der Waals surface area contributed by atoms with E-state index in [0.717, 1.165) is 66.6 Å². The lowest BCUT2D eigenvalue weighted by atomic mass is 9.92. The number of unbranched alkanes of at least 4 members (excludes halogenated alkanes) is 1. The van der Waals surface area contributed by atoms with E-state index in [2.05, 4.69) is 47.5 Å². The summed E-state index contributed by atoms with van der Waals surface area (Å²) in [5, 5.41) is 5.06. The maximum absolute atomic E-state index is 12.8. The van der Waals surface area contributed by atoms with Crippen molar-refractivity contribution in [3.05, 3.63) is 65.5 Å². The van der Waals surface area contributed by atoms with Crippen LogP contribution in [0, 0.1) is 0 Å². The number of anilines is 1. The van der Waals surface area contributed by atoms with Gasteiger partial charge in [-0.25, -0.2) is 14.4 Å². The minimum Gasteiger partial charge on any atom is -0.456 e. The van der Waals surface area contributed by atoms with Gasteiger partial charge in [-0.15, -0.1) is 0 Å². The molecule has 1 aliphatic carbocycles. The van der Waals surface area contributed by atoms with Crippen molar-refractivity contribution in [1.29, 1.82) is 0 Å². The van der Waals surface area contributed by atoms with Gasteiger partial charge in [0.2, 0.25) is 11.4 Å². The van der Waals surface area contributed by atoms with Crippen LogP contribution in [-0.4, -0.2) is 58.3 Å². The Morgan fingerprint density at radius 1 is 0.953 bits per heavy atom. The molecule has 0 atom stereocenters. The molecule has 0 unspecified atom stereocenters. The summed E-state index contributed by atoms with van der Waals surface area (Å²) in [5.41, 5.74) is 4.23. The van der Waals surface area contributed by atoms with Gasteiger partial charge in [-0.05, 0) is 76.9 Å². The van der Waals surface area contributed by atoms with Gasteiger partial charge in [0.05, 0.1) is 12.6 Å². The first-order valence-electron chi connectivity index (χ1n) is 14.9. The lowest BCUT2D eigenvalue weighted by Crippen LogP contribution is -2.29. The van der Waals surface area contributed by atoms with Gasteiger partial charge in [0.25, 0.3) is 10.1 Å². The third-order valence-corrected chi connectivity index (χ3v) is 8.70. The second-order valence-corrected chi connectivity index (χ2v) is 11.7. The molecule has 2 N–H and O–H groups in total. The summed E-state index contributed by atoms with van der Waals surface area (Å²) in [4.78, 5) is 15.8. The number of rotatable bonds is 14. The Morgan fingerprint density at radius 2 is 1.70 bits per heavy atom. The van der Waals surface area contributed by atoms with Crippen LogP contribution >= 0.6 is 0 Å². The number of hydrogen-bond donors (Lipinski definition) is 2. The molecule has 10 heteroatoms.